The molecule has 4 rings (SSSR count). The van der Waals surface area contributed by atoms with Crippen LogP contribution in [0.3, 0.4) is 0 Å². The van der Waals surface area contributed by atoms with Crippen molar-refractivity contribution in [3.63, 3.8) is 0 Å². The van der Waals surface area contributed by atoms with Crippen LogP contribution in [0.25, 0.3) is 0 Å². The van der Waals surface area contributed by atoms with E-state index in [2.05, 4.69) is 11.1 Å². The van der Waals surface area contributed by atoms with Crippen LogP contribution in [0.15, 0.2) is 42.6 Å². The lowest BCUT2D eigenvalue weighted by Crippen LogP contribution is -2.27. The molecule has 0 bridgehead atoms. The van der Waals surface area contributed by atoms with Crippen molar-refractivity contribution in [2.45, 2.75) is 44.4 Å². The average Bonchev–Trinajstić information content (AvgIpc) is 3.52. The molecule has 2 atom stereocenters. The summed E-state index contributed by atoms with van der Waals surface area (Å²) in [4.78, 5) is 15.7. The van der Waals surface area contributed by atoms with Gasteiger partial charge in [-0.2, -0.15) is 0 Å². The van der Waals surface area contributed by atoms with Crippen molar-refractivity contribution in [1.29, 1.82) is 0 Å². The first-order valence-electron chi connectivity index (χ1n) is 10.5. The molecule has 0 aliphatic heterocycles. The molecule has 5 heteroatoms. The SMILES string of the molecule is COc1cc(C2CC(COc3cccc([C@@H](C4CC4)[C@H](C)C(=O)O)c3)C2)ccn1. The Morgan fingerprint density at radius 3 is 2.72 bits per heavy atom. The molecular weight excluding hydrogens is 366 g/mol. The van der Waals surface area contributed by atoms with E-state index in [0.717, 1.165) is 37.0 Å². The molecule has 2 fully saturated rings. The lowest BCUT2D eigenvalue weighted by atomic mass is 9.72. The van der Waals surface area contributed by atoms with Crippen LogP contribution in [0.5, 0.6) is 11.6 Å². The number of aromatic nitrogens is 1. The minimum atomic E-state index is -0.721. The van der Waals surface area contributed by atoms with E-state index >= 15 is 0 Å². The van der Waals surface area contributed by atoms with E-state index in [1.807, 2.05) is 37.3 Å². The van der Waals surface area contributed by atoms with E-state index in [1.54, 1.807) is 13.3 Å². The fourth-order valence-electron chi connectivity index (χ4n) is 4.54. The molecule has 1 aromatic heterocycles. The highest BCUT2D eigenvalue weighted by molar-refractivity contribution is 5.71. The Morgan fingerprint density at radius 2 is 2.03 bits per heavy atom. The maximum Gasteiger partial charge on any atom is 0.306 e. The van der Waals surface area contributed by atoms with E-state index in [0.29, 0.717) is 30.2 Å². The number of pyridine rings is 1. The predicted octanol–water partition coefficient (Wildman–Crippen LogP) is 4.88. The lowest BCUT2D eigenvalue weighted by Gasteiger charge is -2.35. The van der Waals surface area contributed by atoms with Gasteiger partial charge in [-0.15, -0.1) is 0 Å². The largest absolute Gasteiger partial charge is 0.493 e. The third-order valence-electron chi connectivity index (χ3n) is 6.46. The molecule has 1 heterocycles. The summed E-state index contributed by atoms with van der Waals surface area (Å²) in [6, 6.07) is 12.1. The minimum Gasteiger partial charge on any atom is -0.493 e. The van der Waals surface area contributed by atoms with Gasteiger partial charge in [-0.1, -0.05) is 19.1 Å². The lowest BCUT2D eigenvalue weighted by molar-refractivity contribution is -0.142. The first-order chi connectivity index (χ1) is 14.0. The second-order valence-electron chi connectivity index (χ2n) is 8.54. The maximum absolute atomic E-state index is 11.5. The number of carboxylic acid groups (broad SMARTS) is 1. The van der Waals surface area contributed by atoms with E-state index < -0.39 is 5.97 Å². The van der Waals surface area contributed by atoms with Crippen molar-refractivity contribution in [3.8, 4) is 11.6 Å². The molecule has 0 unspecified atom stereocenters. The zero-order chi connectivity index (χ0) is 20.4. The number of benzene rings is 1. The molecule has 2 aliphatic carbocycles. The van der Waals surface area contributed by atoms with Gasteiger partial charge in [-0.05, 0) is 78.7 Å². The van der Waals surface area contributed by atoms with E-state index in [1.165, 1.54) is 5.56 Å². The van der Waals surface area contributed by atoms with E-state index in [4.69, 9.17) is 9.47 Å². The number of aliphatic carboxylic acids is 1. The molecular formula is C24H29NO4. The third kappa shape index (κ3) is 4.55. The zero-order valence-electron chi connectivity index (χ0n) is 17.1. The summed E-state index contributed by atoms with van der Waals surface area (Å²) in [5.41, 5.74) is 2.38. The number of methoxy groups -OCH3 is 1. The Morgan fingerprint density at radius 1 is 1.24 bits per heavy atom. The molecule has 2 aliphatic rings. The Kier molecular flexibility index (Phi) is 5.74. The second kappa shape index (κ2) is 8.44. The van der Waals surface area contributed by atoms with Gasteiger partial charge in [-0.3, -0.25) is 4.79 Å². The van der Waals surface area contributed by atoms with Gasteiger partial charge in [0.2, 0.25) is 5.88 Å². The van der Waals surface area contributed by atoms with Gasteiger partial charge in [0.25, 0.3) is 0 Å². The van der Waals surface area contributed by atoms with Crippen LogP contribution in [-0.4, -0.2) is 29.8 Å². The quantitative estimate of drug-likeness (QED) is 0.655. The van der Waals surface area contributed by atoms with Crippen molar-refractivity contribution in [2.24, 2.45) is 17.8 Å². The van der Waals surface area contributed by atoms with Crippen molar-refractivity contribution >= 4 is 5.97 Å². The summed E-state index contributed by atoms with van der Waals surface area (Å²) < 4.78 is 11.3. The summed E-state index contributed by atoms with van der Waals surface area (Å²) in [7, 11) is 1.64. The molecule has 29 heavy (non-hydrogen) atoms. The Hall–Kier alpha value is -2.56. The Labute approximate surface area is 172 Å². The Bertz CT molecular complexity index is 857. The van der Waals surface area contributed by atoms with Gasteiger partial charge in [0, 0.05) is 12.3 Å². The summed E-state index contributed by atoms with van der Waals surface area (Å²) in [6.07, 6.45) is 6.26. The normalized spacial score (nSPS) is 23.0. The predicted molar refractivity (Wildman–Crippen MR) is 110 cm³/mol. The van der Waals surface area contributed by atoms with Crippen LogP contribution >= 0.6 is 0 Å². The van der Waals surface area contributed by atoms with Crippen molar-refractivity contribution in [1.82, 2.24) is 4.98 Å². The van der Waals surface area contributed by atoms with Crippen LogP contribution in [0.4, 0.5) is 0 Å². The van der Waals surface area contributed by atoms with Crippen LogP contribution < -0.4 is 9.47 Å². The van der Waals surface area contributed by atoms with Gasteiger partial charge < -0.3 is 14.6 Å². The van der Waals surface area contributed by atoms with Crippen molar-refractivity contribution in [3.05, 3.63) is 53.7 Å². The molecule has 0 radical (unpaired) electrons. The molecule has 0 saturated heterocycles. The number of nitrogens with zero attached hydrogens (tertiary/aromatic N) is 1. The molecule has 2 aromatic rings. The minimum absolute atomic E-state index is 0.0748. The molecule has 154 valence electrons. The van der Waals surface area contributed by atoms with Crippen LogP contribution in [0.2, 0.25) is 0 Å². The number of rotatable bonds is 9. The number of hydrogen-bond donors (Lipinski definition) is 1. The topological polar surface area (TPSA) is 68.7 Å². The van der Waals surface area contributed by atoms with Crippen LogP contribution in [0.1, 0.15) is 55.6 Å². The Balaban J connectivity index is 1.33. The van der Waals surface area contributed by atoms with Crippen LogP contribution in [-0.2, 0) is 4.79 Å². The van der Waals surface area contributed by atoms with Gasteiger partial charge >= 0.3 is 5.97 Å². The second-order valence-corrected chi connectivity index (χ2v) is 8.54. The fourth-order valence-corrected chi connectivity index (χ4v) is 4.54. The molecule has 1 aromatic carbocycles. The number of carboxylic acids is 1. The van der Waals surface area contributed by atoms with E-state index in [9.17, 15) is 9.90 Å². The fraction of sp³-hybridized carbons (Fsp3) is 0.500. The van der Waals surface area contributed by atoms with Gasteiger partial charge in [0.15, 0.2) is 0 Å². The summed E-state index contributed by atoms with van der Waals surface area (Å²) in [5.74, 6) is 2.07. The standard InChI is InChI=1S/C24H29NO4/c1-15(24(26)27)23(17-6-7-17)19-4-3-5-21(12-19)29-14-16-10-20(11-16)18-8-9-25-22(13-18)28-2/h3-5,8-9,12-13,15-17,20,23H,6-7,10-11,14H2,1-2H3,(H,26,27)/t15-,16?,20?,23+/m0/s1. The van der Waals surface area contributed by atoms with Gasteiger partial charge in [-0.25, -0.2) is 4.98 Å². The molecule has 2 saturated carbocycles. The highest BCUT2D eigenvalue weighted by atomic mass is 16.5. The number of ether oxygens (including phenoxy) is 2. The van der Waals surface area contributed by atoms with Crippen molar-refractivity contribution in [2.75, 3.05) is 13.7 Å². The monoisotopic (exact) mass is 395 g/mol. The van der Waals surface area contributed by atoms with E-state index in [-0.39, 0.29) is 11.8 Å². The smallest absolute Gasteiger partial charge is 0.306 e. The van der Waals surface area contributed by atoms with Crippen molar-refractivity contribution < 1.29 is 19.4 Å². The summed E-state index contributed by atoms with van der Waals surface area (Å²) >= 11 is 0. The molecule has 5 nitrogen and oxygen atoms in total. The number of hydrogen-bond acceptors (Lipinski definition) is 4. The highest BCUT2D eigenvalue weighted by Gasteiger charge is 2.38. The molecule has 0 amide bonds. The van der Waals surface area contributed by atoms with Crippen LogP contribution in [0, 0.1) is 17.8 Å². The first kappa shape index (κ1) is 19.7. The first-order valence-corrected chi connectivity index (χ1v) is 10.5. The van der Waals surface area contributed by atoms with Gasteiger partial charge in [0.05, 0.1) is 19.6 Å². The zero-order valence-corrected chi connectivity index (χ0v) is 17.1. The molecule has 0 spiro atoms. The molecule has 1 N–H and O–H groups in total. The summed E-state index contributed by atoms with van der Waals surface area (Å²) in [5, 5.41) is 9.48. The van der Waals surface area contributed by atoms with Gasteiger partial charge in [0.1, 0.15) is 5.75 Å². The number of carbonyl (C=O) groups is 1. The maximum atomic E-state index is 11.5. The average molecular weight is 395 g/mol. The summed E-state index contributed by atoms with van der Waals surface area (Å²) in [6.45, 7) is 2.52. The highest BCUT2D eigenvalue weighted by Crippen LogP contribution is 2.47. The third-order valence-corrected chi connectivity index (χ3v) is 6.46.